The van der Waals surface area contributed by atoms with Crippen molar-refractivity contribution < 1.29 is 4.79 Å². The summed E-state index contributed by atoms with van der Waals surface area (Å²) in [4.78, 5) is 10.6. The fraction of sp³-hybridized carbons (Fsp3) is 0.462. The summed E-state index contributed by atoms with van der Waals surface area (Å²) in [5.41, 5.74) is 9.09. The van der Waals surface area contributed by atoms with Crippen LogP contribution in [0.1, 0.15) is 43.5 Å². The van der Waals surface area contributed by atoms with Crippen LogP contribution in [-0.2, 0) is 10.2 Å². The molecule has 0 saturated carbocycles. The normalized spacial score (nSPS) is 13.7. The van der Waals surface area contributed by atoms with E-state index in [2.05, 4.69) is 26.8 Å². The van der Waals surface area contributed by atoms with E-state index in [1.54, 1.807) is 0 Å². The second kappa shape index (κ2) is 4.15. The van der Waals surface area contributed by atoms with E-state index in [0.29, 0.717) is 0 Å². The lowest BCUT2D eigenvalue weighted by Crippen LogP contribution is -2.15. The molecule has 1 aromatic carbocycles. The van der Waals surface area contributed by atoms with E-state index in [4.69, 9.17) is 5.73 Å². The molecule has 0 bridgehead atoms. The Labute approximate surface area is 91.5 Å². The van der Waals surface area contributed by atoms with Crippen LogP contribution >= 0.6 is 0 Å². The third-order valence-electron chi connectivity index (χ3n) is 2.64. The number of nitrogens with two attached hydrogens (primary N) is 1. The minimum Gasteiger partial charge on any atom is -0.318 e. The molecule has 0 heterocycles. The molecular weight excluding hydrogens is 186 g/mol. The monoisotopic (exact) mass is 205 g/mol. The molecule has 2 N–H and O–H groups in total. The molecule has 1 aromatic rings. The van der Waals surface area contributed by atoms with E-state index in [0.717, 1.165) is 17.4 Å². The van der Waals surface area contributed by atoms with Gasteiger partial charge < -0.3 is 10.5 Å². The summed E-state index contributed by atoms with van der Waals surface area (Å²) in [5, 5.41) is 0. The van der Waals surface area contributed by atoms with Crippen molar-refractivity contribution >= 4 is 6.29 Å². The Morgan fingerprint density at radius 1 is 1.33 bits per heavy atom. The Hall–Kier alpha value is -1.15. The van der Waals surface area contributed by atoms with Gasteiger partial charge in [-0.25, -0.2) is 0 Å². The predicted octanol–water partition coefficient (Wildman–Crippen LogP) is 2.49. The van der Waals surface area contributed by atoms with Crippen LogP contribution in [0.4, 0.5) is 0 Å². The quantitative estimate of drug-likeness (QED) is 0.754. The Morgan fingerprint density at radius 2 is 1.93 bits per heavy atom. The molecule has 0 amide bonds. The van der Waals surface area contributed by atoms with Crippen LogP contribution in [0.25, 0.3) is 0 Å². The van der Waals surface area contributed by atoms with Crippen molar-refractivity contribution in [2.75, 3.05) is 0 Å². The van der Waals surface area contributed by atoms with Crippen LogP contribution in [0.3, 0.4) is 0 Å². The SMILES string of the molecule is Cc1cc(C(C)(C)C)ccc1C(N)C=O. The number of hydrogen-bond donors (Lipinski definition) is 1. The number of aryl methyl sites for hydroxylation is 1. The highest BCUT2D eigenvalue weighted by Crippen LogP contribution is 2.25. The van der Waals surface area contributed by atoms with Gasteiger partial charge >= 0.3 is 0 Å². The summed E-state index contributed by atoms with van der Waals surface area (Å²) in [6.07, 6.45) is 0.777. The Balaban J connectivity index is 3.14. The largest absolute Gasteiger partial charge is 0.318 e. The molecule has 2 heteroatoms. The second-order valence-corrected chi connectivity index (χ2v) is 4.98. The number of hydrogen-bond acceptors (Lipinski definition) is 2. The zero-order valence-electron chi connectivity index (χ0n) is 9.87. The molecule has 0 aliphatic carbocycles. The zero-order valence-corrected chi connectivity index (χ0v) is 9.87. The smallest absolute Gasteiger partial charge is 0.141 e. The van der Waals surface area contributed by atoms with Crippen molar-refractivity contribution in [1.29, 1.82) is 0 Å². The molecule has 2 nitrogen and oxygen atoms in total. The lowest BCUT2D eigenvalue weighted by molar-refractivity contribution is -0.109. The van der Waals surface area contributed by atoms with Gasteiger partial charge in [0.15, 0.2) is 0 Å². The second-order valence-electron chi connectivity index (χ2n) is 4.98. The molecule has 0 aliphatic rings. The molecule has 82 valence electrons. The first-order valence-corrected chi connectivity index (χ1v) is 5.18. The van der Waals surface area contributed by atoms with Gasteiger partial charge in [-0.15, -0.1) is 0 Å². The van der Waals surface area contributed by atoms with E-state index >= 15 is 0 Å². The molecule has 0 aromatic heterocycles. The van der Waals surface area contributed by atoms with Crippen molar-refractivity contribution in [2.45, 2.75) is 39.2 Å². The fourth-order valence-electron chi connectivity index (χ4n) is 1.59. The van der Waals surface area contributed by atoms with Crippen LogP contribution in [0.2, 0.25) is 0 Å². The third-order valence-corrected chi connectivity index (χ3v) is 2.64. The summed E-state index contributed by atoms with van der Waals surface area (Å²) in [7, 11) is 0. The van der Waals surface area contributed by atoms with E-state index in [-0.39, 0.29) is 5.41 Å². The summed E-state index contributed by atoms with van der Waals surface area (Å²) in [5.74, 6) is 0. The molecule has 1 rings (SSSR count). The third kappa shape index (κ3) is 2.66. The molecule has 0 radical (unpaired) electrons. The van der Waals surface area contributed by atoms with Gasteiger partial charge in [-0.3, -0.25) is 0 Å². The Bertz CT molecular complexity index is 363. The van der Waals surface area contributed by atoms with Crippen LogP contribution < -0.4 is 5.73 Å². The van der Waals surface area contributed by atoms with Gasteiger partial charge in [0.25, 0.3) is 0 Å². The van der Waals surface area contributed by atoms with Crippen LogP contribution in [0, 0.1) is 6.92 Å². The maximum absolute atomic E-state index is 10.6. The molecular formula is C13H19NO. The van der Waals surface area contributed by atoms with E-state index in [1.165, 1.54) is 5.56 Å². The molecule has 0 spiro atoms. The number of carbonyl (C=O) groups is 1. The highest BCUT2D eigenvalue weighted by Gasteiger charge is 2.15. The molecule has 1 atom stereocenters. The topological polar surface area (TPSA) is 43.1 Å². The standard InChI is InChI=1S/C13H19NO/c1-9-7-10(13(2,3)4)5-6-11(9)12(14)8-15/h5-8,12H,14H2,1-4H3. The van der Waals surface area contributed by atoms with Gasteiger partial charge in [-0.2, -0.15) is 0 Å². The predicted molar refractivity (Wildman–Crippen MR) is 62.9 cm³/mol. The minimum atomic E-state index is -0.501. The average Bonchev–Trinajstić information content (AvgIpc) is 2.15. The molecule has 15 heavy (non-hydrogen) atoms. The minimum absolute atomic E-state index is 0.133. The van der Waals surface area contributed by atoms with Crippen LogP contribution in [-0.4, -0.2) is 6.29 Å². The van der Waals surface area contributed by atoms with Gasteiger partial charge in [0.2, 0.25) is 0 Å². The summed E-state index contributed by atoms with van der Waals surface area (Å²) in [6, 6.07) is 5.61. The highest BCUT2D eigenvalue weighted by molar-refractivity contribution is 5.62. The molecule has 0 saturated heterocycles. The van der Waals surface area contributed by atoms with Gasteiger partial charge in [0.05, 0.1) is 6.04 Å². The van der Waals surface area contributed by atoms with Gasteiger partial charge in [0.1, 0.15) is 6.29 Å². The average molecular weight is 205 g/mol. The lowest BCUT2D eigenvalue weighted by atomic mass is 9.85. The number of rotatable bonds is 2. The molecule has 1 unspecified atom stereocenters. The fourth-order valence-corrected chi connectivity index (χ4v) is 1.59. The van der Waals surface area contributed by atoms with Crippen LogP contribution in [0.5, 0.6) is 0 Å². The van der Waals surface area contributed by atoms with Crippen molar-refractivity contribution in [3.8, 4) is 0 Å². The number of carbonyl (C=O) groups excluding carboxylic acids is 1. The van der Waals surface area contributed by atoms with Gasteiger partial charge in [-0.05, 0) is 29.0 Å². The maximum atomic E-state index is 10.6. The summed E-state index contributed by atoms with van der Waals surface area (Å²) in [6.45, 7) is 8.50. The maximum Gasteiger partial charge on any atom is 0.141 e. The Morgan fingerprint density at radius 3 is 2.33 bits per heavy atom. The first-order chi connectivity index (χ1) is 6.86. The van der Waals surface area contributed by atoms with E-state index < -0.39 is 6.04 Å². The highest BCUT2D eigenvalue weighted by atomic mass is 16.1. The van der Waals surface area contributed by atoms with Gasteiger partial charge in [0, 0.05) is 0 Å². The van der Waals surface area contributed by atoms with E-state index in [1.807, 2.05) is 19.1 Å². The number of aldehydes is 1. The van der Waals surface area contributed by atoms with Crippen molar-refractivity contribution in [1.82, 2.24) is 0 Å². The zero-order chi connectivity index (χ0) is 11.6. The lowest BCUT2D eigenvalue weighted by Gasteiger charge is -2.21. The van der Waals surface area contributed by atoms with Crippen LogP contribution in [0.15, 0.2) is 18.2 Å². The van der Waals surface area contributed by atoms with Crippen molar-refractivity contribution in [3.05, 3.63) is 34.9 Å². The first kappa shape index (κ1) is 11.9. The summed E-state index contributed by atoms with van der Waals surface area (Å²) < 4.78 is 0. The van der Waals surface area contributed by atoms with Crippen molar-refractivity contribution in [3.63, 3.8) is 0 Å². The van der Waals surface area contributed by atoms with Crippen molar-refractivity contribution in [2.24, 2.45) is 5.73 Å². The number of benzene rings is 1. The van der Waals surface area contributed by atoms with E-state index in [9.17, 15) is 4.79 Å². The molecule has 0 fully saturated rings. The van der Waals surface area contributed by atoms with Gasteiger partial charge in [-0.1, -0.05) is 39.0 Å². The Kier molecular flexibility index (Phi) is 3.30. The first-order valence-electron chi connectivity index (χ1n) is 5.18. The summed E-state index contributed by atoms with van der Waals surface area (Å²) >= 11 is 0. The molecule has 0 aliphatic heterocycles.